The highest BCUT2D eigenvalue weighted by molar-refractivity contribution is 6.00. The predicted octanol–water partition coefficient (Wildman–Crippen LogP) is 6.68. The van der Waals surface area contributed by atoms with Gasteiger partial charge in [0.1, 0.15) is 17.8 Å². The number of pyridine rings is 1. The molecule has 0 saturated heterocycles. The van der Waals surface area contributed by atoms with Crippen molar-refractivity contribution in [3.05, 3.63) is 116 Å². The van der Waals surface area contributed by atoms with Crippen LogP contribution in [0.2, 0.25) is 0 Å². The lowest BCUT2D eigenvalue weighted by molar-refractivity contribution is 0.465. The Morgan fingerprint density at radius 3 is 2.25 bits per heavy atom. The molecule has 0 atom stereocenters. The summed E-state index contributed by atoms with van der Waals surface area (Å²) >= 11 is 0. The maximum absolute atomic E-state index is 6.08. The van der Waals surface area contributed by atoms with E-state index in [-0.39, 0.29) is 0 Å². The van der Waals surface area contributed by atoms with Crippen LogP contribution in [0.15, 0.2) is 116 Å². The van der Waals surface area contributed by atoms with Crippen LogP contribution < -0.4 is 10.1 Å². The second-order valence-corrected chi connectivity index (χ2v) is 8.01. The van der Waals surface area contributed by atoms with Crippen molar-refractivity contribution in [3.63, 3.8) is 0 Å². The molecule has 0 unspecified atom stereocenters. The van der Waals surface area contributed by atoms with Gasteiger partial charge in [-0.15, -0.1) is 10.2 Å². The van der Waals surface area contributed by atoms with Crippen LogP contribution in [0.1, 0.15) is 0 Å². The Morgan fingerprint density at radius 1 is 0.639 bits per heavy atom. The lowest BCUT2D eigenvalue weighted by atomic mass is 10.0. The normalized spacial score (nSPS) is 10.8. The third kappa shape index (κ3) is 4.33. The van der Waals surface area contributed by atoms with E-state index >= 15 is 0 Å². The summed E-state index contributed by atoms with van der Waals surface area (Å²) in [5, 5.41) is 14.5. The van der Waals surface area contributed by atoms with Gasteiger partial charge in [-0.2, -0.15) is 0 Å². The minimum atomic E-state index is 0.477. The van der Waals surface area contributed by atoms with Crippen molar-refractivity contribution in [2.75, 3.05) is 5.32 Å². The van der Waals surface area contributed by atoms with Gasteiger partial charge in [-0.1, -0.05) is 54.6 Å². The number of anilines is 2. The molecule has 3 heterocycles. The first-order chi connectivity index (χ1) is 17.8. The van der Waals surface area contributed by atoms with Crippen LogP contribution in [-0.4, -0.2) is 25.1 Å². The maximum Gasteiger partial charge on any atom is 0.228 e. The van der Waals surface area contributed by atoms with Crippen molar-refractivity contribution in [2.45, 2.75) is 0 Å². The van der Waals surface area contributed by atoms with E-state index in [9.17, 15) is 0 Å². The Balaban J connectivity index is 1.26. The second-order valence-electron chi connectivity index (χ2n) is 8.01. The van der Waals surface area contributed by atoms with Gasteiger partial charge in [-0.25, -0.2) is 15.0 Å². The van der Waals surface area contributed by atoms with E-state index in [4.69, 9.17) is 4.74 Å². The van der Waals surface area contributed by atoms with Crippen molar-refractivity contribution in [3.8, 4) is 34.1 Å². The average Bonchev–Trinajstić information content (AvgIpc) is 2.95. The highest BCUT2D eigenvalue weighted by Gasteiger charge is 2.12. The lowest BCUT2D eigenvalue weighted by Gasteiger charge is -2.12. The molecule has 6 rings (SSSR count). The summed E-state index contributed by atoms with van der Waals surface area (Å²) in [5.41, 5.74) is 4.30. The first-order valence-corrected chi connectivity index (χ1v) is 11.4. The molecule has 0 spiro atoms. The van der Waals surface area contributed by atoms with Crippen LogP contribution in [0.5, 0.6) is 11.6 Å². The maximum atomic E-state index is 6.08. The number of nitrogens with zero attached hydrogens (tertiary/aromatic N) is 5. The fourth-order valence-electron chi connectivity index (χ4n) is 3.98. The van der Waals surface area contributed by atoms with Crippen molar-refractivity contribution in [1.29, 1.82) is 0 Å². The van der Waals surface area contributed by atoms with Crippen LogP contribution in [0.3, 0.4) is 0 Å². The first-order valence-electron chi connectivity index (χ1n) is 11.4. The van der Waals surface area contributed by atoms with E-state index in [1.165, 1.54) is 6.33 Å². The van der Waals surface area contributed by atoms with Gasteiger partial charge in [0.05, 0.1) is 11.3 Å². The highest BCUT2D eigenvalue weighted by Crippen LogP contribution is 2.33. The summed E-state index contributed by atoms with van der Waals surface area (Å²) in [7, 11) is 0. The van der Waals surface area contributed by atoms with Crippen LogP contribution in [0.25, 0.3) is 33.3 Å². The fraction of sp³-hybridized carbons (Fsp3) is 0. The van der Waals surface area contributed by atoms with Crippen LogP contribution in [0, 0.1) is 0 Å². The topological polar surface area (TPSA) is 85.7 Å². The smallest absolute Gasteiger partial charge is 0.228 e. The Bertz CT molecular complexity index is 1620. The molecule has 0 fully saturated rings. The van der Waals surface area contributed by atoms with E-state index in [1.54, 1.807) is 12.4 Å². The highest BCUT2D eigenvalue weighted by atomic mass is 16.5. The molecule has 7 heteroatoms. The Labute approximate surface area is 207 Å². The number of ether oxygens (including phenoxy) is 1. The zero-order chi connectivity index (χ0) is 24.2. The summed E-state index contributed by atoms with van der Waals surface area (Å²) in [6, 6.07) is 31.4. The Hall–Kier alpha value is -5.17. The van der Waals surface area contributed by atoms with Crippen LogP contribution >= 0.6 is 0 Å². The SMILES string of the molecule is c1ccc(-c2nnc(Nc3ccc(Oc4ncccc4-c4ccncn4)cc3)c3ccccc23)cc1. The van der Waals surface area contributed by atoms with E-state index in [1.807, 2.05) is 91.0 Å². The van der Waals surface area contributed by atoms with Crippen LogP contribution in [-0.2, 0) is 0 Å². The Morgan fingerprint density at radius 2 is 1.44 bits per heavy atom. The number of fused-ring (bicyclic) bond motifs is 1. The van der Waals surface area contributed by atoms with Gasteiger partial charge in [0, 0.05) is 34.4 Å². The molecule has 0 radical (unpaired) electrons. The van der Waals surface area contributed by atoms with E-state index in [2.05, 4.69) is 36.5 Å². The van der Waals surface area contributed by atoms with Crippen LogP contribution in [0.4, 0.5) is 11.5 Å². The molecule has 0 bridgehead atoms. The van der Waals surface area contributed by atoms with Gasteiger partial charge in [0.25, 0.3) is 0 Å². The van der Waals surface area contributed by atoms with Crippen molar-refractivity contribution >= 4 is 22.3 Å². The number of hydrogen-bond acceptors (Lipinski definition) is 7. The molecule has 0 saturated carbocycles. The number of rotatable bonds is 6. The first kappa shape index (κ1) is 21.4. The van der Waals surface area contributed by atoms with Crippen molar-refractivity contribution in [1.82, 2.24) is 25.1 Å². The minimum Gasteiger partial charge on any atom is -0.438 e. The van der Waals surface area contributed by atoms with Crippen molar-refractivity contribution in [2.24, 2.45) is 0 Å². The zero-order valence-electron chi connectivity index (χ0n) is 19.1. The molecule has 6 aromatic rings. The summed E-state index contributed by atoms with van der Waals surface area (Å²) in [6.45, 7) is 0. The van der Waals surface area contributed by atoms with Gasteiger partial charge in [-0.05, 0) is 42.5 Å². The fourth-order valence-corrected chi connectivity index (χ4v) is 3.98. The number of aromatic nitrogens is 5. The molecule has 0 aliphatic carbocycles. The molecule has 0 aliphatic rings. The molecule has 1 N–H and O–H groups in total. The molecule has 0 amide bonds. The molecular weight excluding hydrogens is 448 g/mol. The minimum absolute atomic E-state index is 0.477. The van der Waals surface area contributed by atoms with Crippen molar-refractivity contribution < 1.29 is 4.74 Å². The zero-order valence-corrected chi connectivity index (χ0v) is 19.1. The van der Waals surface area contributed by atoms with E-state index < -0.39 is 0 Å². The summed E-state index contributed by atoms with van der Waals surface area (Å²) in [4.78, 5) is 12.7. The number of benzene rings is 3. The predicted molar refractivity (Wildman–Crippen MR) is 140 cm³/mol. The Kier molecular flexibility index (Phi) is 5.70. The molecule has 3 aromatic carbocycles. The van der Waals surface area contributed by atoms with Gasteiger partial charge in [0.15, 0.2) is 5.82 Å². The molecule has 36 heavy (non-hydrogen) atoms. The molecule has 0 aliphatic heterocycles. The number of nitrogens with one attached hydrogen (secondary N) is 1. The molecular formula is C29H20N6O. The lowest BCUT2D eigenvalue weighted by Crippen LogP contribution is -1.99. The van der Waals surface area contributed by atoms with Gasteiger partial charge in [0.2, 0.25) is 5.88 Å². The van der Waals surface area contributed by atoms with Gasteiger partial charge >= 0.3 is 0 Å². The van der Waals surface area contributed by atoms with Gasteiger partial charge in [-0.3, -0.25) is 0 Å². The average molecular weight is 469 g/mol. The summed E-state index contributed by atoms with van der Waals surface area (Å²) in [5.74, 6) is 1.82. The number of hydrogen-bond donors (Lipinski definition) is 1. The summed E-state index contributed by atoms with van der Waals surface area (Å²) < 4.78 is 6.08. The quantitative estimate of drug-likeness (QED) is 0.292. The summed E-state index contributed by atoms with van der Waals surface area (Å²) in [6.07, 6.45) is 4.89. The standard InChI is InChI=1S/C29H20N6O/c1-2-7-20(8-3-1)27-23-9-4-5-10-24(23)28(35-34-27)33-21-12-14-22(15-13-21)36-29-25(11-6-17-31-29)26-16-18-30-19-32-26/h1-19H,(H,33,35). The second kappa shape index (κ2) is 9.60. The van der Waals surface area contributed by atoms with Gasteiger partial charge < -0.3 is 10.1 Å². The monoisotopic (exact) mass is 468 g/mol. The molecule has 3 aromatic heterocycles. The molecule has 7 nitrogen and oxygen atoms in total. The van der Waals surface area contributed by atoms with E-state index in [0.29, 0.717) is 17.4 Å². The third-order valence-corrected chi connectivity index (χ3v) is 5.70. The largest absolute Gasteiger partial charge is 0.438 e. The third-order valence-electron chi connectivity index (χ3n) is 5.70. The molecule has 172 valence electrons. The van der Waals surface area contributed by atoms with E-state index in [0.717, 1.165) is 39.0 Å².